The lowest BCUT2D eigenvalue weighted by Gasteiger charge is -2.23. The van der Waals surface area contributed by atoms with Crippen molar-refractivity contribution >= 4 is 17.6 Å². The van der Waals surface area contributed by atoms with Crippen LogP contribution in [0.4, 0.5) is 0 Å². The number of ether oxygens (including phenoxy) is 1. The van der Waals surface area contributed by atoms with Gasteiger partial charge < -0.3 is 9.64 Å². The molecule has 1 N–H and O–H groups in total. The van der Waals surface area contributed by atoms with Crippen LogP contribution in [0, 0.1) is 0 Å². The van der Waals surface area contributed by atoms with Crippen LogP contribution in [0.15, 0.2) is 24.3 Å². The summed E-state index contributed by atoms with van der Waals surface area (Å²) >= 11 is 5.83. The van der Waals surface area contributed by atoms with Gasteiger partial charge in [-0.25, -0.2) is 4.79 Å². The Morgan fingerprint density at radius 2 is 2.06 bits per heavy atom. The molecule has 1 aromatic carbocycles. The van der Waals surface area contributed by atoms with Crippen molar-refractivity contribution in [3.8, 4) is 0 Å². The molecule has 1 aromatic rings. The van der Waals surface area contributed by atoms with Crippen molar-refractivity contribution in [3.05, 3.63) is 34.9 Å². The molecular formula is C14H19ClNO2+. The first-order valence-electron chi connectivity index (χ1n) is 6.52. The third-order valence-electron chi connectivity index (χ3n) is 3.31. The van der Waals surface area contributed by atoms with Gasteiger partial charge in [-0.2, -0.15) is 0 Å². The molecule has 0 saturated carbocycles. The number of hydrogen-bond donors (Lipinski definition) is 1. The van der Waals surface area contributed by atoms with Crippen molar-refractivity contribution in [2.24, 2.45) is 0 Å². The van der Waals surface area contributed by atoms with Gasteiger partial charge in [0.05, 0.1) is 18.7 Å². The third kappa shape index (κ3) is 4.00. The second-order valence-electron chi connectivity index (χ2n) is 4.71. The zero-order valence-corrected chi connectivity index (χ0v) is 11.2. The number of esters is 1. The monoisotopic (exact) mass is 268 g/mol. The Kier molecular flexibility index (Phi) is 5.02. The molecule has 4 heteroatoms. The van der Waals surface area contributed by atoms with E-state index >= 15 is 0 Å². The van der Waals surface area contributed by atoms with Crippen molar-refractivity contribution in [2.45, 2.75) is 19.3 Å². The minimum atomic E-state index is -0.283. The Morgan fingerprint density at radius 3 is 2.78 bits per heavy atom. The maximum absolute atomic E-state index is 11.7. The van der Waals surface area contributed by atoms with Crippen molar-refractivity contribution < 1.29 is 14.4 Å². The normalized spacial score (nSPS) is 16.5. The van der Waals surface area contributed by atoms with Gasteiger partial charge in [0.15, 0.2) is 0 Å². The average Bonchev–Trinajstić information content (AvgIpc) is 2.40. The summed E-state index contributed by atoms with van der Waals surface area (Å²) in [7, 11) is 0. The van der Waals surface area contributed by atoms with E-state index in [9.17, 15) is 4.79 Å². The molecule has 0 spiro atoms. The number of rotatable bonds is 4. The van der Waals surface area contributed by atoms with Crippen LogP contribution in [0.1, 0.15) is 29.6 Å². The first-order chi connectivity index (χ1) is 8.75. The molecule has 18 heavy (non-hydrogen) atoms. The maximum Gasteiger partial charge on any atom is 0.338 e. The zero-order chi connectivity index (χ0) is 12.8. The lowest BCUT2D eigenvalue weighted by atomic mass is 10.1. The topological polar surface area (TPSA) is 30.7 Å². The fourth-order valence-electron chi connectivity index (χ4n) is 2.29. The third-order valence-corrected chi connectivity index (χ3v) is 3.54. The van der Waals surface area contributed by atoms with Crippen molar-refractivity contribution in [1.29, 1.82) is 0 Å². The van der Waals surface area contributed by atoms with E-state index in [1.54, 1.807) is 29.2 Å². The summed E-state index contributed by atoms with van der Waals surface area (Å²) in [5, 5.41) is 0.561. The van der Waals surface area contributed by atoms with Gasteiger partial charge in [0.25, 0.3) is 0 Å². The predicted molar refractivity (Wildman–Crippen MR) is 71.1 cm³/mol. The molecule has 1 aliphatic heterocycles. The van der Waals surface area contributed by atoms with E-state index in [0.717, 1.165) is 6.54 Å². The Bertz CT molecular complexity index is 403. The van der Waals surface area contributed by atoms with Crippen LogP contribution < -0.4 is 4.90 Å². The van der Waals surface area contributed by atoms with Crippen LogP contribution in [0.25, 0.3) is 0 Å². The van der Waals surface area contributed by atoms with Crippen LogP contribution in [-0.4, -0.2) is 32.2 Å². The van der Waals surface area contributed by atoms with E-state index in [1.165, 1.54) is 32.4 Å². The summed E-state index contributed by atoms with van der Waals surface area (Å²) in [6.07, 6.45) is 3.92. The summed E-state index contributed by atoms with van der Waals surface area (Å²) in [5.74, 6) is -0.283. The maximum atomic E-state index is 11.7. The van der Waals surface area contributed by atoms with Gasteiger partial charge >= 0.3 is 5.97 Å². The van der Waals surface area contributed by atoms with E-state index in [0.29, 0.717) is 17.2 Å². The Hall–Kier alpha value is -1.06. The lowest BCUT2D eigenvalue weighted by molar-refractivity contribution is -0.905. The highest BCUT2D eigenvalue weighted by atomic mass is 35.5. The SMILES string of the molecule is O=C(OCC[NH+]1CCCCC1)c1cccc(Cl)c1. The number of piperidine rings is 1. The Labute approximate surface area is 113 Å². The highest BCUT2D eigenvalue weighted by Gasteiger charge is 2.14. The number of nitrogens with one attached hydrogen (secondary N) is 1. The summed E-state index contributed by atoms with van der Waals surface area (Å²) in [5.41, 5.74) is 0.524. The Balaban J connectivity index is 1.74. The van der Waals surface area contributed by atoms with Gasteiger partial charge in [0.2, 0.25) is 0 Å². The number of carbonyl (C=O) groups excluding carboxylic acids is 1. The van der Waals surface area contributed by atoms with E-state index in [2.05, 4.69) is 0 Å². The van der Waals surface area contributed by atoms with E-state index < -0.39 is 0 Å². The number of benzene rings is 1. The molecule has 0 amide bonds. The van der Waals surface area contributed by atoms with Gasteiger partial charge in [0, 0.05) is 5.02 Å². The van der Waals surface area contributed by atoms with Crippen LogP contribution in [0.2, 0.25) is 5.02 Å². The predicted octanol–water partition coefficient (Wildman–Crippen LogP) is 1.57. The highest BCUT2D eigenvalue weighted by molar-refractivity contribution is 6.30. The summed E-state index contributed by atoms with van der Waals surface area (Å²) in [6.45, 7) is 3.80. The summed E-state index contributed by atoms with van der Waals surface area (Å²) in [4.78, 5) is 13.3. The number of hydrogen-bond acceptors (Lipinski definition) is 2. The molecule has 0 unspecified atom stereocenters. The second kappa shape index (κ2) is 6.76. The highest BCUT2D eigenvalue weighted by Crippen LogP contribution is 2.11. The number of halogens is 1. The molecule has 3 nitrogen and oxygen atoms in total. The van der Waals surface area contributed by atoms with Gasteiger partial charge in [-0.15, -0.1) is 0 Å². The standard InChI is InChI=1S/C14H18ClNO2/c15-13-6-4-5-12(11-13)14(17)18-10-9-16-7-2-1-3-8-16/h4-6,11H,1-3,7-10H2/p+1. The second-order valence-corrected chi connectivity index (χ2v) is 5.14. The van der Waals surface area contributed by atoms with Gasteiger partial charge in [-0.3, -0.25) is 0 Å². The molecule has 98 valence electrons. The first-order valence-corrected chi connectivity index (χ1v) is 6.90. The first kappa shape index (κ1) is 13.4. The van der Waals surface area contributed by atoms with Gasteiger partial charge in [-0.1, -0.05) is 17.7 Å². The number of carbonyl (C=O) groups is 1. The summed E-state index contributed by atoms with van der Waals surface area (Å²) < 4.78 is 5.27. The molecular weight excluding hydrogens is 250 g/mol. The van der Waals surface area contributed by atoms with Crippen LogP contribution >= 0.6 is 11.6 Å². The van der Waals surface area contributed by atoms with Gasteiger partial charge in [0.1, 0.15) is 13.2 Å². The molecule has 1 fully saturated rings. The average molecular weight is 269 g/mol. The molecule has 1 heterocycles. The number of quaternary nitrogens is 1. The molecule has 2 rings (SSSR count). The molecule has 1 aliphatic rings. The quantitative estimate of drug-likeness (QED) is 0.841. The van der Waals surface area contributed by atoms with Gasteiger partial charge in [-0.05, 0) is 37.5 Å². The number of likely N-dealkylation sites (tertiary alicyclic amines) is 1. The van der Waals surface area contributed by atoms with Crippen molar-refractivity contribution in [2.75, 3.05) is 26.2 Å². The molecule has 0 atom stereocenters. The van der Waals surface area contributed by atoms with E-state index in [1.807, 2.05) is 0 Å². The van der Waals surface area contributed by atoms with Crippen LogP contribution in [0.5, 0.6) is 0 Å². The van der Waals surface area contributed by atoms with Crippen molar-refractivity contribution in [3.63, 3.8) is 0 Å². The van der Waals surface area contributed by atoms with Crippen LogP contribution in [0.3, 0.4) is 0 Å². The fraction of sp³-hybridized carbons (Fsp3) is 0.500. The molecule has 0 aliphatic carbocycles. The lowest BCUT2D eigenvalue weighted by Crippen LogP contribution is -3.13. The minimum absolute atomic E-state index is 0.283. The minimum Gasteiger partial charge on any atom is -0.456 e. The molecule has 1 saturated heterocycles. The largest absolute Gasteiger partial charge is 0.456 e. The van der Waals surface area contributed by atoms with E-state index in [4.69, 9.17) is 16.3 Å². The molecule has 0 bridgehead atoms. The molecule has 0 radical (unpaired) electrons. The summed E-state index contributed by atoms with van der Waals surface area (Å²) in [6, 6.07) is 6.87. The smallest absolute Gasteiger partial charge is 0.338 e. The fourth-order valence-corrected chi connectivity index (χ4v) is 2.48. The Morgan fingerprint density at radius 1 is 1.28 bits per heavy atom. The zero-order valence-electron chi connectivity index (χ0n) is 10.5. The van der Waals surface area contributed by atoms with Crippen LogP contribution in [-0.2, 0) is 4.74 Å². The van der Waals surface area contributed by atoms with Crippen molar-refractivity contribution in [1.82, 2.24) is 0 Å². The molecule has 0 aromatic heterocycles. The van der Waals surface area contributed by atoms with E-state index in [-0.39, 0.29) is 5.97 Å².